The summed E-state index contributed by atoms with van der Waals surface area (Å²) in [4.78, 5) is 14.5. The van der Waals surface area contributed by atoms with Crippen LogP contribution < -0.4 is 20.1 Å². The van der Waals surface area contributed by atoms with Crippen molar-refractivity contribution in [3.63, 3.8) is 0 Å². The van der Waals surface area contributed by atoms with Gasteiger partial charge in [0.15, 0.2) is 0 Å². The van der Waals surface area contributed by atoms with E-state index in [4.69, 9.17) is 19.6 Å². The Labute approximate surface area is 166 Å². The summed E-state index contributed by atoms with van der Waals surface area (Å²) in [6, 6.07) is 5.36. The summed E-state index contributed by atoms with van der Waals surface area (Å²) >= 11 is 1.33. The standard InChI is InChI=1S/C17H21N7O3S/c1-9(13-19-15(18)21-16(20-13)24(2)3)28-17-23-22-14(27-17)10-6-11(25-4)8-12(7-10)26-5/h6-9H,1-5H3,(H2,18,19,20,21). The Morgan fingerprint density at radius 2 is 1.71 bits per heavy atom. The van der Waals surface area contributed by atoms with Gasteiger partial charge in [-0.3, -0.25) is 0 Å². The average Bonchev–Trinajstić information content (AvgIpc) is 3.15. The van der Waals surface area contributed by atoms with E-state index < -0.39 is 0 Å². The second kappa shape index (κ2) is 8.30. The number of anilines is 2. The van der Waals surface area contributed by atoms with Gasteiger partial charge in [-0.05, 0) is 19.1 Å². The summed E-state index contributed by atoms with van der Waals surface area (Å²) in [6.07, 6.45) is 0. The van der Waals surface area contributed by atoms with Crippen LogP contribution in [-0.4, -0.2) is 53.5 Å². The first-order chi connectivity index (χ1) is 13.4. The normalized spacial score (nSPS) is 11.9. The molecule has 0 amide bonds. The molecular formula is C17H21N7O3S. The van der Waals surface area contributed by atoms with E-state index >= 15 is 0 Å². The molecule has 0 saturated heterocycles. The lowest BCUT2D eigenvalue weighted by Gasteiger charge is -2.13. The van der Waals surface area contributed by atoms with E-state index in [-0.39, 0.29) is 11.2 Å². The van der Waals surface area contributed by atoms with Gasteiger partial charge < -0.3 is 24.5 Å². The second-order valence-corrected chi connectivity index (χ2v) is 7.27. The average molecular weight is 403 g/mol. The van der Waals surface area contributed by atoms with Crippen molar-refractivity contribution >= 4 is 23.7 Å². The number of nitrogens with zero attached hydrogens (tertiary/aromatic N) is 6. The van der Waals surface area contributed by atoms with Crippen LogP contribution >= 0.6 is 11.8 Å². The van der Waals surface area contributed by atoms with Crippen molar-refractivity contribution in [3.05, 3.63) is 24.0 Å². The molecule has 0 aliphatic carbocycles. The van der Waals surface area contributed by atoms with Gasteiger partial charge in [0.2, 0.25) is 17.8 Å². The molecular weight excluding hydrogens is 382 g/mol. The summed E-state index contributed by atoms with van der Waals surface area (Å²) in [5.41, 5.74) is 6.49. The molecule has 1 atom stereocenters. The predicted molar refractivity (Wildman–Crippen MR) is 106 cm³/mol. The van der Waals surface area contributed by atoms with E-state index in [1.807, 2.05) is 21.0 Å². The molecule has 2 aromatic heterocycles. The Morgan fingerprint density at radius 3 is 2.32 bits per heavy atom. The molecule has 0 spiro atoms. The molecule has 11 heteroatoms. The zero-order chi connectivity index (χ0) is 20.3. The topological polar surface area (TPSA) is 125 Å². The van der Waals surface area contributed by atoms with Crippen molar-refractivity contribution in [1.29, 1.82) is 0 Å². The Balaban J connectivity index is 1.82. The number of ether oxygens (including phenoxy) is 2. The lowest BCUT2D eigenvalue weighted by molar-refractivity contribution is 0.394. The van der Waals surface area contributed by atoms with E-state index in [1.54, 1.807) is 37.3 Å². The van der Waals surface area contributed by atoms with Crippen LogP contribution in [0.25, 0.3) is 11.5 Å². The smallest absolute Gasteiger partial charge is 0.277 e. The minimum absolute atomic E-state index is 0.163. The Hall–Kier alpha value is -3.08. The highest BCUT2D eigenvalue weighted by molar-refractivity contribution is 7.99. The van der Waals surface area contributed by atoms with Gasteiger partial charge in [0.05, 0.1) is 19.5 Å². The largest absolute Gasteiger partial charge is 0.497 e. The van der Waals surface area contributed by atoms with E-state index in [0.717, 1.165) is 0 Å². The van der Waals surface area contributed by atoms with Crippen LogP contribution in [0, 0.1) is 0 Å². The highest BCUT2D eigenvalue weighted by Crippen LogP contribution is 2.35. The van der Waals surface area contributed by atoms with E-state index in [2.05, 4.69) is 25.1 Å². The molecule has 148 valence electrons. The fourth-order valence-corrected chi connectivity index (χ4v) is 3.02. The van der Waals surface area contributed by atoms with Gasteiger partial charge in [0.1, 0.15) is 17.3 Å². The van der Waals surface area contributed by atoms with Gasteiger partial charge in [-0.1, -0.05) is 11.8 Å². The molecule has 3 aromatic rings. The number of hydrogen-bond donors (Lipinski definition) is 1. The number of aromatic nitrogens is 5. The number of thioether (sulfide) groups is 1. The van der Waals surface area contributed by atoms with Crippen molar-refractivity contribution in [2.45, 2.75) is 17.4 Å². The zero-order valence-corrected chi connectivity index (χ0v) is 17.0. The molecule has 1 unspecified atom stereocenters. The Bertz CT molecular complexity index is 941. The Kier molecular flexibility index (Phi) is 5.83. The maximum absolute atomic E-state index is 5.79. The molecule has 2 heterocycles. The number of nitrogen functional groups attached to an aromatic ring is 1. The van der Waals surface area contributed by atoms with Crippen LogP contribution in [0.4, 0.5) is 11.9 Å². The van der Waals surface area contributed by atoms with E-state index in [9.17, 15) is 0 Å². The summed E-state index contributed by atoms with van der Waals surface area (Å²) < 4.78 is 16.3. The lowest BCUT2D eigenvalue weighted by Crippen LogP contribution is -2.16. The molecule has 2 N–H and O–H groups in total. The first-order valence-electron chi connectivity index (χ1n) is 8.32. The number of nitrogens with two attached hydrogens (primary N) is 1. The predicted octanol–water partition coefficient (Wildman–Crippen LogP) is 2.44. The fourth-order valence-electron chi connectivity index (χ4n) is 2.29. The fraction of sp³-hybridized carbons (Fsp3) is 0.353. The third-order valence-corrected chi connectivity index (χ3v) is 4.64. The lowest BCUT2D eigenvalue weighted by atomic mass is 10.2. The molecule has 1 aromatic carbocycles. The highest BCUT2D eigenvalue weighted by Gasteiger charge is 2.19. The van der Waals surface area contributed by atoms with Gasteiger partial charge in [0, 0.05) is 25.7 Å². The molecule has 28 heavy (non-hydrogen) atoms. The van der Waals surface area contributed by atoms with Crippen LogP contribution in [0.1, 0.15) is 18.0 Å². The van der Waals surface area contributed by atoms with Crippen LogP contribution in [0.5, 0.6) is 11.5 Å². The number of hydrogen-bond acceptors (Lipinski definition) is 11. The minimum atomic E-state index is -0.169. The van der Waals surface area contributed by atoms with Gasteiger partial charge in [-0.25, -0.2) is 0 Å². The van der Waals surface area contributed by atoms with Crippen molar-refractivity contribution in [2.24, 2.45) is 0 Å². The van der Waals surface area contributed by atoms with Crippen LogP contribution in [0.3, 0.4) is 0 Å². The van der Waals surface area contributed by atoms with Crippen LogP contribution in [-0.2, 0) is 0 Å². The molecule has 0 fully saturated rings. The van der Waals surface area contributed by atoms with Gasteiger partial charge in [-0.2, -0.15) is 15.0 Å². The monoisotopic (exact) mass is 403 g/mol. The first-order valence-corrected chi connectivity index (χ1v) is 9.20. The van der Waals surface area contributed by atoms with Gasteiger partial charge in [-0.15, -0.1) is 10.2 Å². The third kappa shape index (κ3) is 4.42. The van der Waals surface area contributed by atoms with Crippen molar-refractivity contribution in [2.75, 3.05) is 38.9 Å². The van der Waals surface area contributed by atoms with Crippen LogP contribution in [0.15, 0.2) is 27.8 Å². The molecule has 0 radical (unpaired) electrons. The number of methoxy groups -OCH3 is 2. The molecule has 10 nitrogen and oxygen atoms in total. The van der Waals surface area contributed by atoms with Crippen molar-refractivity contribution in [3.8, 4) is 23.0 Å². The summed E-state index contributed by atoms with van der Waals surface area (Å²) in [5.74, 6) is 2.81. The van der Waals surface area contributed by atoms with Crippen molar-refractivity contribution in [1.82, 2.24) is 25.1 Å². The number of rotatable bonds is 7. The maximum atomic E-state index is 5.79. The molecule has 0 aliphatic rings. The molecule has 0 aliphatic heterocycles. The summed E-state index contributed by atoms with van der Waals surface area (Å²) in [5, 5.41) is 8.43. The number of benzene rings is 1. The molecule has 0 saturated carbocycles. The Morgan fingerprint density at radius 1 is 1.04 bits per heavy atom. The van der Waals surface area contributed by atoms with Gasteiger partial charge >= 0.3 is 0 Å². The molecule has 0 bridgehead atoms. The highest BCUT2D eigenvalue weighted by atomic mass is 32.2. The summed E-state index contributed by atoms with van der Waals surface area (Å²) in [6.45, 7) is 1.93. The zero-order valence-electron chi connectivity index (χ0n) is 16.2. The minimum Gasteiger partial charge on any atom is -0.497 e. The first kappa shape index (κ1) is 19.7. The van der Waals surface area contributed by atoms with E-state index in [0.29, 0.717) is 39.9 Å². The summed E-state index contributed by atoms with van der Waals surface area (Å²) in [7, 11) is 6.83. The quantitative estimate of drug-likeness (QED) is 0.584. The van der Waals surface area contributed by atoms with Crippen molar-refractivity contribution < 1.29 is 13.9 Å². The van der Waals surface area contributed by atoms with Crippen LogP contribution in [0.2, 0.25) is 0 Å². The van der Waals surface area contributed by atoms with Gasteiger partial charge in [0.25, 0.3) is 5.22 Å². The second-order valence-electron chi connectivity index (χ2n) is 5.98. The SMILES string of the molecule is COc1cc(OC)cc(-c2nnc(SC(C)c3nc(N)nc(N(C)C)n3)o2)c1. The third-order valence-electron chi connectivity index (χ3n) is 3.70. The molecule has 3 rings (SSSR count). The van der Waals surface area contributed by atoms with E-state index in [1.165, 1.54) is 11.8 Å². The maximum Gasteiger partial charge on any atom is 0.277 e.